The fourth-order valence-electron chi connectivity index (χ4n) is 4.68. The largest absolute Gasteiger partial charge is 0.368 e. The summed E-state index contributed by atoms with van der Waals surface area (Å²) < 4.78 is 2.86. The summed E-state index contributed by atoms with van der Waals surface area (Å²) in [5.74, 6) is 0.556. The normalized spacial score (nSPS) is 17.6. The van der Waals surface area contributed by atoms with Gasteiger partial charge in [0, 0.05) is 51.0 Å². The zero-order chi connectivity index (χ0) is 21.5. The Bertz CT molecular complexity index is 1260. The Morgan fingerprint density at radius 3 is 2.39 bits per heavy atom. The highest BCUT2D eigenvalue weighted by atomic mass is 16.2. The van der Waals surface area contributed by atoms with Crippen molar-refractivity contribution in [3.63, 3.8) is 0 Å². The van der Waals surface area contributed by atoms with Crippen molar-refractivity contribution < 1.29 is 0 Å². The molecule has 1 aliphatic carbocycles. The van der Waals surface area contributed by atoms with Gasteiger partial charge in [-0.3, -0.25) is 23.7 Å². The highest BCUT2D eigenvalue weighted by Crippen LogP contribution is 2.28. The average molecular weight is 422 g/mol. The topological polar surface area (TPSA) is 96.2 Å². The first-order valence-corrected chi connectivity index (χ1v) is 10.8. The van der Waals surface area contributed by atoms with Gasteiger partial charge in [-0.1, -0.05) is 12.8 Å². The lowest BCUT2D eigenvalue weighted by Gasteiger charge is -2.37. The molecule has 3 heterocycles. The quantitative estimate of drug-likeness (QED) is 0.682. The molecule has 0 radical (unpaired) electrons. The molecule has 3 aromatic rings. The first-order chi connectivity index (χ1) is 15.0. The van der Waals surface area contributed by atoms with E-state index in [1.165, 1.54) is 26.0 Å². The molecule has 0 unspecified atom stereocenters. The number of anilines is 2. The summed E-state index contributed by atoms with van der Waals surface area (Å²) in [4.78, 5) is 48.3. The highest BCUT2D eigenvalue weighted by molar-refractivity contribution is 5.81. The number of aromatic nitrogens is 4. The number of hydrogen-bond acceptors (Lipinski definition) is 6. The highest BCUT2D eigenvalue weighted by Gasteiger charge is 2.21. The van der Waals surface area contributed by atoms with Crippen LogP contribution in [0.3, 0.4) is 0 Å². The van der Waals surface area contributed by atoms with Crippen LogP contribution in [0.4, 0.5) is 11.5 Å². The second kappa shape index (κ2) is 7.72. The number of piperazine rings is 1. The van der Waals surface area contributed by atoms with Crippen molar-refractivity contribution in [2.45, 2.75) is 31.7 Å². The lowest BCUT2D eigenvalue weighted by molar-refractivity contribution is 0.499. The van der Waals surface area contributed by atoms with Crippen LogP contribution < -0.4 is 26.6 Å². The molecule has 0 atom stereocenters. The minimum absolute atomic E-state index is 0.0443. The van der Waals surface area contributed by atoms with Gasteiger partial charge in [0.1, 0.15) is 5.82 Å². The number of aromatic amines is 1. The minimum atomic E-state index is -0.409. The third-order valence-electron chi connectivity index (χ3n) is 6.60. The zero-order valence-corrected chi connectivity index (χ0v) is 17.6. The van der Waals surface area contributed by atoms with Crippen molar-refractivity contribution in [2.24, 2.45) is 7.05 Å². The first-order valence-electron chi connectivity index (χ1n) is 10.8. The Morgan fingerprint density at radius 2 is 1.68 bits per heavy atom. The summed E-state index contributed by atoms with van der Waals surface area (Å²) in [5, 5.41) is 0.662. The summed E-state index contributed by atoms with van der Waals surface area (Å²) in [6, 6.07) is 7.59. The van der Waals surface area contributed by atoms with Gasteiger partial charge in [-0.2, -0.15) is 0 Å². The van der Waals surface area contributed by atoms with Gasteiger partial charge in [0.05, 0.1) is 17.2 Å². The van der Waals surface area contributed by atoms with Crippen LogP contribution in [0, 0.1) is 0 Å². The van der Waals surface area contributed by atoms with E-state index in [1.807, 2.05) is 23.1 Å². The van der Waals surface area contributed by atoms with Crippen molar-refractivity contribution in [3.05, 3.63) is 61.8 Å². The van der Waals surface area contributed by atoms with E-state index in [1.54, 1.807) is 10.9 Å². The molecule has 162 valence electrons. The number of hydrogen-bond donors (Lipinski definition) is 1. The van der Waals surface area contributed by atoms with Crippen molar-refractivity contribution in [1.82, 2.24) is 19.1 Å². The van der Waals surface area contributed by atoms with Crippen LogP contribution in [-0.2, 0) is 7.05 Å². The summed E-state index contributed by atoms with van der Waals surface area (Å²) >= 11 is 0. The van der Waals surface area contributed by atoms with Gasteiger partial charge < -0.3 is 9.80 Å². The van der Waals surface area contributed by atoms with E-state index in [9.17, 15) is 14.4 Å². The Labute approximate surface area is 178 Å². The van der Waals surface area contributed by atoms with Gasteiger partial charge in [-0.05, 0) is 31.0 Å². The van der Waals surface area contributed by atoms with E-state index in [2.05, 4.69) is 14.9 Å². The van der Waals surface area contributed by atoms with Crippen LogP contribution in [0.1, 0.15) is 31.7 Å². The molecule has 1 saturated carbocycles. The molecule has 1 N–H and O–H groups in total. The molecular weight excluding hydrogens is 396 g/mol. The molecule has 2 fully saturated rings. The molecule has 0 amide bonds. The molecule has 1 aromatic carbocycles. The maximum absolute atomic E-state index is 12.9. The minimum Gasteiger partial charge on any atom is -0.368 e. The zero-order valence-electron chi connectivity index (χ0n) is 17.6. The molecule has 2 aliphatic rings. The van der Waals surface area contributed by atoms with E-state index in [4.69, 9.17) is 0 Å². The van der Waals surface area contributed by atoms with Gasteiger partial charge in [-0.15, -0.1) is 0 Å². The number of nitrogens with zero attached hydrogens (tertiary/aromatic N) is 5. The van der Waals surface area contributed by atoms with Crippen LogP contribution in [0.2, 0.25) is 0 Å². The predicted molar refractivity (Wildman–Crippen MR) is 120 cm³/mol. The van der Waals surface area contributed by atoms with Crippen LogP contribution in [0.15, 0.2) is 45.0 Å². The molecule has 9 heteroatoms. The van der Waals surface area contributed by atoms with Crippen LogP contribution in [0.5, 0.6) is 0 Å². The van der Waals surface area contributed by atoms with Gasteiger partial charge in [-0.25, -0.2) is 9.78 Å². The van der Waals surface area contributed by atoms with Crippen LogP contribution in [-0.4, -0.2) is 45.3 Å². The standard InChI is InChI=1S/C22H26N6O3/c1-25-20(29)13-19(24-22(25)31)27-10-8-26(9-11-27)16-6-7-17-18(12-16)23-14-28(21(17)30)15-4-2-3-5-15/h6-7,12-15H,2-5,8-11H2,1H3,(H,24,31). The molecule has 1 saturated heterocycles. The smallest absolute Gasteiger partial charge is 0.329 e. The third-order valence-corrected chi connectivity index (χ3v) is 6.60. The van der Waals surface area contributed by atoms with E-state index in [-0.39, 0.29) is 17.2 Å². The Hall–Kier alpha value is -3.36. The van der Waals surface area contributed by atoms with E-state index in [0.29, 0.717) is 24.3 Å². The number of nitrogens with one attached hydrogen (secondary N) is 1. The monoisotopic (exact) mass is 422 g/mol. The Morgan fingerprint density at radius 1 is 0.968 bits per heavy atom. The summed E-state index contributed by atoms with van der Waals surface area (Å²) in [7, 11) is 1.46. The summed E-state index contributed by atoms with van der Waals surface area (Å²) in [6.07, 6.45) is 6.15. The maximum Gasteiger partial charge on any atom is 0.329 e. The van der Waals surface area contributed by atoms with Crippen molar-refractivity contribution in [3.8, 4) is 0 Å². The molecule has 0 spiro atoms. The SMILES string of the molecule is Cn1c(=O)cc(N2CCN(c3ccc4c(=O)n(C5CCCC5)cnc4c3)CC2)[nH]c1=O. The lowest BCUT2D eigenvalue weighted by atomic mass is 10.1. The Balaban J connectivity index is 1.35. The van der Waals surface area contributed by atoms with Crippen molar-refractivity contribution >= 4 is 22.4 Å². The van der Waals surface area contributed by atoms with Crippen molar-refractivity contribution in [2.75, 3.05) is 36.0 Å². The number of benzene rings is 1. The van der Waals surface area contributed by atoms with Crippen LogP contribution in [0.25, 0.3) is 10.9 Å². The lowest BCUT2D eigenvalue weighted by Crippen LogP contribution is -2.48. The summed E-state index contributed by atoms with van der Waals surface area (Å²) in [6.45, 7) is 2.83. The molecule has 2 aromatic heterocycles. The van der Waals surface area contributed by atoms with E-state index < -0.39 is 5.69 Å². The molecule has 0 bridgehead atoms. The molecule has 9 nitrogen and oxygen atoms in total. The number of H-pyrrole nitrogens is 1. The fraction of sp³-hybridized carbons (Fsp3) is 0.455. The third kappa shape index (κ3) is 3.54. The number of fused-ring (bicyclic) bond motifs is 1. The molecule has 31 heavy (non-hydrogen) atoms. The van der Waals surface area contributed by atoms with Gasteiger partial charge >= 0.3 is 5.69 Å². The second-order valence-electron chi connectivity index (χ2n) is 8.43. The molecule has 1 aliphatic heterocycles. The maximum atomic E-state index is 12.9. The van der Waals surface area contributed by atoms with E-state index >= 15 is 0 Å². The van der Waals surface area contributed by atoms with Gasteiger partial charge in [0.15, 0.2) is 0 Å². The second-order valence-corrected chi connectivity index (χ2v) is 8.43. The predicted octanol–water partition coefficient (Wildman–Crippen LogP) is 1.23. The van der Waals surface area contributed by atoms with E-state index in [0.717, 1.165) is 41.7 Å². The van der Waals surface area contributed by atoms with Gasteiger partial charge in [0.25, 0.3) is 11.1 Å². The molecular formula is C22H26N6O3. The summed E-state index contributed by atoms with van der Waals surface area (Å²) in [5.41, 5.74) is 1.06. The Kier molecular flexibility index (Phi) is 4.88. The fourth-order valence-corrected chi connectivity index (χ4v) is 4.68. The first kappa shape index (κ1) is 19.6. The van der Waals surface area contributed by atoms with Crippen molar-refractivity contribution in [1.29, 1.82) is 0 Å². The number of rotatable bonds is 3. The molecule has 5 rings (SSSR count). The average Bonchev–Trinajstić information content (AvgIpc) is 3.32. The van der Waals surface area contributed by atoms with Crippen LogP contribution >= 0.6 is 0 Å². The van der Waals surface area contributed by atoms with Gasteiger partial charge in [0.2, 0.25) is 0 Å².